The van der Waals surface area contributed by atoms with Crippen molar-refractivity contribution in [3.8, 4) is 5.69 Å². The minimum atomic E-state index is 0.0578. The molecule has 0 radical (unpaired) electrons. The van der Waals surface area contributed by atoms with Crippen LogP contribution >= 0.6 is 11.6 Å². The molecule has 0 amide bonds. The maximum absolute atomic E-state index is 11.2. The van der Waals surface area contributed by atoms with Crippen LogP contribution < -0.4 is 0 Å². The minimum Gasteiger partial charge on any atom is -0.384 e. The Labute approximate surface area is 123 Å². The second kappa shape index (κ2) is 6.20. The zero-order valence-electron chi connectivity index (χ0n) is 11.8. The molecule has 0 saturated carbocycles. The Morgan fingerprint density at radius 3 is 2.85 bits per heavy atom. The van der Waals surface area contributed by atoms with Gasteiger partial charge in [-0.25, -0.2) is 4.68 Å². The van der Waals surface area contributed by atoms with E-state index in [2.05, 4.69) is 5.10 Å². The number of nitrogens with zero attached hydrogens (tertiary/aromatic N) is 2. The fraction of sp³-hybridized carbons (Fsp3) is 0.333. The number of rotatable bonds is 5. The Bertz CT molecular complexity index is 622. The van der Waals surface area contributed by atoms with Crippen LogP contribution in [0.3, 0.4) is 0 Å². The van der Waals surface area contributed by atoms with E-state index in [-0.39, 0.29) is 5.92 Å². The molecule has 1 aromatic heterocycles. The topological polar surface area (TPSA) is 44.1 Å². The van der Waals surface area contributed by atoms with E-state index in [0.717, 1.165) is 23.2 Å². The van der Waals surface area contributed by atoms with Crippen molar-refractivity contribution in [1.82, 2.24) is 9.78 Å². The number of carbonyl (C=O) groups is 1. The predicted octanol–water partition coefficient (Wildman–Crippen LogP) is 3.40. The smallest absolute Gasteiger partial charge is 0.153 e. The van der Waals surface area contributed by atoms with Crippen molar-refractivity contribution in [2.75, 3.05) is 13.7 Å². The van der Waals surface area contributed by atoms with Gasteiger partial charge < -0.3 is 4.74 Å². The standard InChI is InChI=1S/C15H17ClN2O2/c1-10-4-5-13(6-14(10)16)18-7-12(8-19)15(17-18)11(2)9-20-3/h4-8,11H,9H2,1-3H3. The Morgan fingerprint density at radius 1 is 1.50 bits per heavy atom. The lowest BCUT2D eigenvalue weighted by atomic mass is 10.1. The lowest BCUT2D eigenvalue weighted by molar-refractivity contribution is 0.112. The molecule has 0 spiro atoms. The number of hydrogen-bond acceptors (Lipinski definition) is 3. The van der Waals surface area contributed by atoms with Crippen molar-refractivity contribution in [1.29, 1.82) is 0 Å². The molecule has 0 saturated heterocycles. The molecular weight excluding hydrogens is 276 g/mol. The summed E-state index contributed by atoms with van der Waals surface area (Å²) in [6, 6.07) is 5.69. The van der Waals surface area contributed by atoms with Crippen LogP contribution in [0.4, 0.5) is 0 Å². The largest absolute Gasteiger partial charge is 0.384 e. The Kier molecular flexibility index (Phi) is 4.57. The molecule has 2 aromatic rings. The van der Waals surface area contributed by atoms with Gasteiger partial charge in [0.05, 0.1) is 23.6 Å². The Hall–Kier alpha value is -1.65. The van der Waals surface area contributed by atoms with Gasteiger partial charge in [0.25, 0.3) is 0 Å². The molecule has 2 rings (SSSR count). The van der Waals surface area contributed by atoms with Crippen LogP contribution in [0.2, 0.25) is 5.02 Å². The maximum atomic E-state index is 11.2. The van der Waals surface area contributed by atoms with Crippen molar-refractivity contribution < 1.29 is 9.53 Å². The first-order valence-electron chi connectivity index (χ1n) is 6.37. The van der Waals surface area contributed by atoms with Crippen LogP contribution in [0.25, 0.3) is 5.69 Å². The third kappa shape index (κ3) is 2.92. The second-order valence-electron chi connectivity index (χ2n) is 4.82. The zero-order valence-corrected chi connectivity index (χ0v) is 12.5. The monoisotopic (exact) mass is 292 g/mol. The van der Waals surface area contributed by atoms with E-state index >= 15 is 0 Å². The van der Waals surface area contributed by atoms with Crippen LogP contribution in [-0.2, 0) is 4.74 Å². The molecule has 0 bridgehead atoms. The fourth-order valence-electron chi connectivity index (χ4n) is 2.06. The lowest BCUT2D eigenvalue weighted by Gasteiger charge is -2.07. The summed E-state index contributed by atoms with van der Waals surface area (Å²) in [5.41, 5.74) is 3.15. The summed E-state index contributed by atoms with van der Waals surface area (Å²) in [6.07, 6.45) is 2.54. The summed E-state index contributed by atoms with van der Waals surface area (Å²) in [6.45, 7) is 4.44. The summed E-state index contributed by atoms with van der Waals surface area (Å²) in [5, 5.41) is 5.17. The number of aromatic nitrogens is 2. The fourth-order valence-corrected chi connectivity index (χ4v) is 2.23. The number of ether oxygens (including phenoxy) is 1. The molecule has 1 atom stereocenters. The van der Waals surface area contributed by atoms with Crippen LogP contribution in [0.15, 0.2) is 24.4 Å². The van der Waals surface area contributed by atoms with E-state index < -0.39 is 0 Å². The van der Waals surface area contributed by atoms with E-state index in [0.29, 0.717) is 17.2 Å². The van der Waals surface area contributed by atoms with E-state index in [1.807, 2.05) is 32.0 Å². The number of aryl methyl sites for hydroxylation is 1. The molecule has 0 aliphatic rings. The lowest BCUT2D eigenvalue weighted by Crippen LogP contribution is -2.05. The van der Waals surface area contributed by atoms with Gasteiger partial charge in [-0.2, -0.15) is 5.10 Å². The average molecular weight is 293 g/mol. The second-order valence-corrected chi connectivity index (χ2v) is 5.23. The van der Waals surface area contributed by atoms with Gasteiger partial charge in [0.1, 0.15) is 0 Å². The summed E-state index contributed by atoms with van der Waals surface area (Å²) in [4.78, 5) is 11.2. The molecule has 0 fully saturated rings. The molecule has 1 unspecified atom stereocenters. The van der Waals surface area contributed by atoms with Gasteiger partial charge >= 0.3 is 0 Å². The van der Waals surface area contributed by atoms with Crippen molar-refractivity contribution >= 4 is 17.9 Å². The molecule has 0 aliphatic carbocycles. The maximum Gasteiger partial charge on any atom is 0.153 e. The Balaban J connectivity index is 2.42. The van der Waals surface area contributed by atoms with Crippen LogP contribution in [-0.4, -0.2) is 29.8 Å². The van der Waals surface area contributed by atoms with Gasteiger partial charge in [-0.1, -0.05) is 24.6 Å². The number of hydrogen-bond donors (Lipinski definition) is 0. The highest BCUT2D eigenvalue weighted by atomic mass is 35.5. The highest BCUT2D eigenvalue weighted by Crippen LogP contribution is 2.22. The van der Waals surface area contributed by atoms with Gasteiger partial charge in [-0.05, 0) is 24.6 Å². The van der Waals surface area contributed by atoms with Crippen molar-refractivity contribution in [3.63, 3.8) is 0 Å². The molecule has 4 nitrogen and oxygen atoms in total. The van der Waals surface area contributed by atoms with Gasteiger partial charge in [-0.3, -0.25) is 4.79 Å². The molecular formula is C15H17ClN2O2. The van der Waals surface area contributed by atoms with E-state index in [4.69, 9.17) is 16.3 Å². The summed E-state index contributed by atoms with van der Waals surface area (Å²) in [7, 11) is 1.63. The van der Waals surface area contributed by atoms with Crippen LogP contribution in [0.5, 0.6) is 0 Å². The van der Waals surface area contributed by atoms with Crippen molar-refractivity contribution in [2.45, 2.75) is 19.8 Å². The molecule has 0 N–H and O–H groups in total. The predicted molar refractivity (Wildman–Crippen MR) is 79.0 cm³/mol. The number of aldehydes is 1. The van der Waals surface area contributed by atoms with Crippen molar-refractivity contribution in [3.05, 3.63) is 46.2 Å². The van der Waals surface area contributed by atoms with Crippen LogP contribution in [0, 0.1) is 6.92 Å². The third-order valence-electron chi connectivity index (χ3n) is 3.20. The van der Waals surface area contributed by atoms with E-state index in [1.54, 1.807) is 18.0 Å². The quantitative estimate of drug-likeness (QED) is 0.793. The van der Waals surface area contributed by atoms with E-state index in [9.17, 15) is 4.79 Å². The summed E-state index contributed by atoms with van der Waals surface area (Å²) >= 11 is 6.13. The van der Waals surface area contributed by atoms with Gasteiger partial charge in [0.15, 0.2) is 6.29 Å². The molecule has 20 heavy (non-hydrogen) atoms. The highest BCUT2D eigenvalue weighted by molar-refractivity contribution is 6.31. The minimum absolute atomic E-state index is 0.0578. The van der Waals surface area contributed by atoms with E-state index in [1.165, 1.54) is 0 Å². The number of halogens is 1. The highest BCUT2D eigenvalue weighted by Gasteiger charge is 2.16. The van der Waals surface area contributed by atoms with Crippen LogP contribution in [0.1, 0.15) is 34.5 Å². The summed E-state index contributed by atoms with van der Waals surface area (Å²) < 4.78 is 6.80. The first-order valence-corrected chi connectivity index (χ1v) is 6.74. The van der Waals surface area contributed by atoms with Gasteiger partial charge in [-0.15, -0.1) is 0 Å². The van der Waals surface area contributed by atoms with Gasteiger partial charge in [0.2, 0.25) is 0 Å². The molecule has 5 heteroatoms. The number of carbonyl (C=O) groups excluding carboxylic acids is 1. The number of methoxy groups -OCH3 is 1. The number of benzene rings is 1. The third-order valence-corrected chi connectivity index (χ3v) is 3.61. The van der Waals surface area contributed by atoms with Crippen molar-refractivity contribution in [2.24, 2.45) is 0 Å². The normalized spacial score (nSPS) is 12.4. The SMILES string of the molecule is COCC(C)c1nn(-c2ccc(C)c(Cl)c2)cc1C=O. The Morgan fingerprint density at radius 2 is 2.25 bits per heavy atom. The first kappa shape index (κ1) is 14.8. The summed E-state index contributed by atoms with van der Waals surface area (Å²) in [5.74, 6) is 0.0578. The van der Waals surface area contributed by atoms with Gasteiger partial charge in [0, 0.05) is 24.2 Å². The molecule has 1 aromatic carbocycles. The molecule has 1 heterocycles. The first-order chi connectivity index (χ1) is 9.56. The zero-order chi connectivity index (χ0) is 14.7. The molecule has 0 aliphatic heterocycles. The molecule has 106 valence electrons. The average Bonchev–Trinajstić information content (AvgIpc) is 2.86.